The van der Waals surface area contributed by atoms with Crippen molar-refractivity contribution >= 4 is 29.2 Å². The molecule has 5 heteroatoms. The standard InChI is InChI=1S/C14H19Cl2NO2/c1-9(11-7-10(15)5-6-12(11)16)17-8-13(18)19-14(2,3)4/h5-7,9,17H,8H2,1-4H3. The number of nitrogens with one attached hydrogen (secondary N) is 1. The Bertz CT molecular complexity index is 455. The van der Waals surface area contributed by atoms with E-state index in [1.54, 1.807) is 18.2 Å². The van der Waals surface area contributed by atoms with Crippen molar-refractivity contribution in [2.24, 2.45) is 0 Å². The molecular formula is C14H19Cl2NO2. The van der Waals surface area contributed by atoms with Crippen molar-refractivity contribution in [1.29, 1.82) is 0 Å². The van der Waals surface area contributed by atoms with E-state index in [9.17, 15) is 4.79 Å². The Morgan fingerprint density at radius 3 is 2.58 bits per heavy atom. The minimum atomic E-state index is -0.476. The predicted molar refractivity (Wildman–Crippen MR) is 78.7 cm³/mol. The minimum Gasteiger partial charge on any atom is -0.459 e. The summed E-state index contributed by atoms with van der Waals surface area (Å²) in [4.78, 5) is 11.6. The van der Waals surface area contributed by atoms with Crippen LogP contribution in [0.4, 0.5) is 0 Å². The van der Waals surface area contributed by atoms with Crippen LogP contribution in [0.15, 0.2) is 18.2 Å². The minimum absolute atomic E-state index is 0.0845. The van der Waals surface area contributed by atoms with Crippen molar-refractivity contribution < 1.29 is 9.53 Å². The van der Waals surface area contributed by atoms with Gasteiger partial charge in [0.1, 0.15) is 5.60 Å². The van der Waals surface area contributed by atoms with Crippen LogP contribution in [0, 0.1) is 0 Å². The van der Waals surface area contributed by atoms with Crippen LogP contribution in [0.3, 0.4) is 0 Å². The van der Waals surface area contributed by atoms with Crippen LogP contribution in [-0.4, -0.2) is 18.1 Å². The highest BCUT2D eigenvalue weighted by Crippen LogP contribution is 2.26. The first-order chi connectivity index (χ1) is 8.69. The van der Waals surface area contributed by atoms with Gasteiger partial charge in [-0.15, -0.1) is 0 Å². The number of halogens is 2. The van der Waals surface area contributed by atoms with Crippen LogP contribution in [0.5, 0.6) is 0 Å². The first kappa shape index (κ1) is 16.3. The number of carbonyl (C=O) groups excluding carboxylic acids is 1. The van der Waals surface area contributed by atoms with Gasteiger partial charge in [0.15, 0.2) is 0 Å². The van der Waals surface area contributed by atoms with Crippen LogP contribution in [0.1, 0.15) is 39.3 Å². The molecular weight excluding hydrogens is 285 g/mol. The lowest BCUT2D eigenvalue weighted by Crippen LogP contribution is -2.32. The van der Waals surface area contributed by atoms with Crippen LogP contribution in [-0.2, 0) is 9.53 Å². The third-order valence-corrected chi connectivity index (χ3v) is 2.98. The van der Waals surface area contributed by atoms with Gasteiger partial charge in [-0.1, -0.05) is 23.2 Å². The summed E-state index contributed by atoms with van der Waals surface area (Å²) in [6.45, 7) is 7.55. The molecule has 0 amide bonds. The van der Waals surface area contributed by atoms with Crippen molar-refractivity contribution in [3.05, 3.63) is 33.8 Å². The Morgan fingerprint density at radius 1 is 1.37 bits per heavy atom. The van der Waals surface area contributed by atoms with Gasteiger partial charge >= 0.3 is 5.97 Å². The molecule has 1 rings (SSSR count). The molecule has 1 atom stereocenters. The molecule has 0 fully saturated rings. The summed E-state index contributed by atoms with van der Waals surface area (Å²) in [5, 5.41) is 4.31. The third-order valence-electron chi connectivity index (χ3n) is 2.40. The molecule has 106 valence electrons. The zero-order valence-corrected chi connectivity index (χ0v) is 13.1. The summed E-state index contributed by atoms with van der Waals surface area (Å²) in [5.74, 6) is -0.294. The Hall–Kier alpha value is -0.770. The summed E-state index contributed by atoms with van der Waals surface area (Å²) >= 11 is 12.0. The van der Waals surface area contributed by atoms with E-state index in [2.05, 4.69) is 5.32 Å². The molecule has 0 bridgehead atoms. The summed E-state index contributed by atoms with van der Waals surface area (Å²) in [7, 11) is 0. The predicted octanol–water partition coefficient (Wildman–Crippen LogP) is 3.99. The monoisotopic (exact) mass is 303 g/mol. The van der Waals surface area contributed by atoms with E-state index in [-0.39, 0.29) is 18.6 Å². The Morgan fingerprint density at radius 2 is 2.00 bits per heavy atom. The first-order valence-electron chi connectivity index (χ1n) is 6.09. The number of ether oxygens (including phenoxy) is 1. The van der Waals surface area contributed by atoms with E-state index in [1.165, 1.54) is 0 Å². The fourth-order valence-corrected chi connectivity index (χ4v) is 2.03. The van der Waals surface area contributed by atoms with Crippen LogP contribution in [0.2, 0.25) is 10.0 Å². The largest absolute Gasteiger partial charge is 0.459 e. The highest BCUT2D eigenvalue weighted by molar-refractivity contribution is 6.33. The molecule has 0 aliphatic heterocycles. The molecule has 1 N–H and O–H groups in total. The summed E-state index contributed by atoms with van der Waals surface area (Å²) in [6, 6.07) is 5.17. The number of hydrogen-bond acceptors (Lipinski definition) is 3. The molecule has 19 heavy (non-hydrogen) atoms. The van der Waals surface area contributed by atoms with Crippen molar-refractivity contribution in [3.63, 3.8) is 0 Å². The van der Waals surface area contributed by atoms with Crippen LogP contribution in [0.25, 0.3) is 0 Å². The summed E-state index contributed by atoms with van der Waals surface area (Å²) < 4.78 is 5.22. The third kappa shape index (κ3) is 5.81. The van der Waals surface area contributed by atoms with Gasteiger partial charge in [-0.2, -0.15) is 0 Å². The molecule has 0 aliphatic rings. The highest BCUT2D eigenvalue weighted by Gasteiger charge is 2.17. The second-order valence-electron chi connectivity index (χ2n) is 5.35. The molecule has 0 saturated heterocycles. The smallest absolute Gasteiger partial charge is 0.320 e. The number of benzene rings is 1. The Balaban J connectivity index is 2.58. The van der Waals surface area contributed by atoms with Gasteiger partial charge in [-0.3, -0.25) is 4.79 Å². The lowest BCUT2D eigenvalue weighted by Gasteiger charge is -2.21. The van der Waals surface area contributed by atoms with Gasteiger partial charge in [-0.05, 0) is 51.5 Å². The molecule has 1 unspecified atom stereocenters. The van der Waals surface area contributed by atoms with Gasteiger partial charge in [-0.25, -0.2) is 0 Å². The SMILES string of the molecule is CC(NCC(=O)OC(C)(C)C)c1cc(Cl)ccc1Cl. The van der Waals surface area contributed by atoms with Crippen molar-refractivity contribution in [3.8, 4) is 0 Å². The van der Waals surface area contributed by atoms with Gasteiger partial charge in [0.25, 0.3) is 0 Å². The van der Waals surface area contributed by atoms with E-state index in [4.69, 9.17) is 27.9 Å². The summed E-state index contributed by atoms with van der Waals surface area (Å²) in [5.41, 5.74) is 0.383. The van der Waals surface area contributed by atoms with Crippen LogP contribution < -0.4 is 5.32 Å². The van der Waals surface area contributed by atoms with Crippen molar-refractivity contribution in [2.75, 3.05) is 6.54 Å². The maximum absolute atomic E-state index is 11.6. The molecule has 0 heterocycles. The van der Waals surface area contributed by atoms with Crippen molar-refractivity contribution in [2.45, 2.75) is 39.3 Å². The first-order valence-corrected chi connectivity index (χ1v) is 6.85. The number of hydrogen-bond donors (Lipinski definition) is 1. The molecule has 1 aromatic rings. The Kier molecular flexibility index (Phi) is 5.65. The molecule has 0 spiro atoms. The normalized spacial score (nSPS) is 13.2. The topological polar surface area (TPSA) is 38.3 Å². The molecule has 0 radical (unpaired) electrons. The average molecular weight is 304 g/mol. The number of esters is 1. The number of rotatable bonds is 4. The van der Waals surface area contributed by atoms with E-state index in [0.29, 0.717) is 10.0 Å². The van der Waals surface area contributed by atoms with E-state index >= 15 is 0 Å². The fourth-order valence-electron chi connectivity index (χ4n) is 1.57. The van der Waals surface area contributed by atoms with Gasteiger partial charge < -0.3 is 10.1 Å². The molecule has 0 aromatic heterocycles. The zero-order valence-electron chi connectivity index (χ0n) is 11.6. The second kappa shape index (κ2) is 6.60. The zero-order chi connectivity index (χ0) is 14.6. The molecule has 0 aliphatic carbocycles. The number of carbonyl (C=O) groups is 1. The molecule has 0 saturated carbocycles. The second-order valence-corrected chi connectivity index (χ2v) is 6.20. The average Bonchev–Trinajstić information content (AvgIpc) is 2.27. The summed E-state index contributed by atoms with van der Waals surface area (Å²) in [6.07, 6.45) is 0. The van der Waals surface area contributed by atoms with Gasteiger partial charge in [0, 0.05) is 16.1 Å². The van der Waals surface area contributed by atoms with Gasteiger partial charge in [0.05, 0.1) is 6.54 Å². The van der Waals surface area contributed by atoms with Crippen LogP contribution >= 0.6 is 23.2 Å². The molecule has 1 aromatic carbocycles. The quantitative estimate of drug-likeness (QED) is 0.855. The molecule has 3 nitrogen and oxygen atoms in total. The lowest BCUT2D eigenvalue weighted by atomic mass is 10.1. The van der Waals surface area contributed by atoms with Crippen molar-refractivity contribution in [1.82, 2.24) is 5.32 Å². The maximum atomic E-state index is 11.6. The van der Waals surface area contributed by atoms with E-state index in [0.717, 1.165) is 5.56 Å². The fraction of sp³-hybridized carbons (Fsp3) is 0.500. The maximum Gasteiger partial charge on any atom is 0.320 e. The van der Waals surface area contributed by atoms with Gasteiger partial charge in [0.2, 0.25) is 0 Å². The highest BCUT2D eigenvalue weighted by atomic mass is 35.5. The van der Waals surface area contributed by atoms with E-state index < -0.39 is 5.60 Å². The Labute approximate surface area is 124 Å². The van der Waals surface area contributed by atoms with E-state index in [1.807, 2.05) is 27.7 Å². The lowest BCUT2D eigenvalue weighted by molar-refractivity contribution is -0.153.